The van der Waals surface area contributed by atoms with Gasteiger partial charge in [-0.1, -0.05) is 70.6 Å². The highest BCUT2D eigenvalue weighted by molar-refractivity contribution is 5.21. The molecule has 0 amide bonds. The SMILES string of the molecule is CCCCCCC[NH2+]Cc1cccc(C[NH2+]CCCCCCC)c1.[Cl-].[Cl-]. The normalized spacial score (nSPS) is 10.2. The van der Waals surface area contributed by atoms with Gasteiger partial charge in [-0.3, -0.25) is 0 Å². The molecule has 0 aliphatic heterocycles. The molecule has 0 heterocycles. The molecule has 0 atom stereocenters. The molecule has 0 aliphatic rings. The second kappa shape index (κ2) is 21.0. The van der Waals surface area contributed by atoms with Gasteiger partial charge < -0.3 is 35.4 Å². The second-order valence-corrected chi connectivity index (χ2v) is 7.21. The van der Waals surface area contributed by atoms with E-state index in [2.05, 4.69) is 48.7 Å². The molecule has 0 radical (unpaired) electrons. The van der Waals surface area contributed by atoms with Crippen molar-refractivity contribution in [1.29, 1.82) is 0 Å². The summed E-state index contributed by atoms with van der Waals surface area (Å²) in [6.45, 7) is 9.39. The van der Waals surface area contributed by atoms with Crippen LogP contribution >= 0.6 is 0 Å². The molecule has 0 unspecified atom stereocenters. The van der Waals surface area contributed by atoms with Crippen molar-refractivity contribution in [2.75, 3.05) is 13.1 Å². The van der Waals surface area contributed by atoms with Crippen molar-refractivity contribution in [3.05, 3.63) is 35.4 Å². The number of halogens is 2. The fourth-order valence-electron chi connectivity index (χ4n) is 3.21. The molecule has 0 aliphatic carbocycles. The Labute approximate surface area is 175 Å². The minimum atomic E-state index is 0. The van der Waals surface area contributed by atoms with Gasteiger partial charge in [0.1, 0.15) is 13.1 Å². The Morgan fingerprint density at radius 1 is 0.615 bits per heavy atom. The molecule has 0 saturated heterocycles. The van der Waals surface area contributed by atoms with E-state index in [-0.39, 0.29) is 24.8 Å². The lowest BCUT2D eigenvalue weighted by Crippen LogP contribution is -3.00. The van der Waals surface area contributed by atoms with E-state index >= 15 is 0 Å². The fraction of sp³-hybridized carbons (Fsp3) is 0.727. The molecule has 0 fully saturated rings. The number of benzene rings is 1. The Kier molecular flexibility index (Phi) is 22.6. The minimum Gasteiger partial charge on any atom is -1.00 e. The Morgan fingerprint density at radius 2 is 1.04 bits per heavy atom. The number of hydrogen-bond acceptors (Lipinski definition) is 0. The largest absolute Gasteiger partial charge is 1.00 e. The zero-order valence-corrected chi connectivity index (χ0v) is 18.6. The average Bonchev–Trinajstić information content (AvgIpc) is 2.60. The number of hydrogen-bond donors (Lipinski definition) is 2. The van der Waals surface area contributed by atoms with Gasteiger partial charge in [0, 0.05) is 11.1 Å². The van der Waals surface area contributed by atoms with Crippen LogP contribution in [-0.2, 0) is 13.1 Å². The van der Waals surface area contributed by atoms with E-state index in [1.54, 1.807) is 0 Å². The van der Waals surface area contributed by atoms with Crippen molar-refractivity contribution >= 4 is 0 Å². The maximum Gasteiger partial charge on any atom is 0.101 e. The van der Waals surface area contributed by atoms with Gasteiger partial charge in [0.05, 0.1) is 13.1 Å². The Balaban J connectivity index is 0. The Hall–Kier alpha value is -0.280. The van der Waals surface area contributed by atoms with Crippen molar-refractivity contribution in [1.82, 2.24) is 0 Å². The highest BCUT2D eigenvalue weighted by Gasteiger charge is 2.00. The van der Waals surface area contributed by atoms with Crippen molar-refractivity contribution in [3.63, 3.8) is 0 Å². The average molecular weight is 405 g/mol. The third-order valence-corrected chi connectivity index (χ3v) is 4.78. The molecule has 1 aromatic rings. The summed E-state index contributed by atoms with van der Waals surface area (Å²) in [6.07, 6.45) is 13.8. The van der Waals surface area contributed by atoms with Crippen LogP contribution < -0.4 is 35.4 Å². The van der Waals surface area contributed by atoms with Crippen LogP contribution in [0.3, 0.4) is 0 Å². The van der Waals surface area contributed by atoms with Gasteiger partial charge in [-0.2, -0.15) is 0 Å². The van der Waals surface area contributed by atoms with Crippen molar-refractivity contribution in [3.8, 4) is 0 Å². The molecule has 154 valence electrons. The van der Waals surface area contributed by atoms with Crippen LogP contribution in [0.5, 0.6) is 0 Å². The van der Waals surface area contributed by atoms with E-state index in [0.29, 0.717) is 0 Å². The highest BCUT2D eigenvalue weighted by atomic mass is 35.5. The maximum absolute atomic E-state index is 2.47. The molecular weight excluding hydrogens is 363 g/mol. The van der Waals surface area contributed by atoms with Crippen LogP contribution in [0.2, 0.25) is 0 Å². The summed E-state index contributed by atoms with van der Waals surface area (Å²) < 4.78 is 0. The zero-order valence-electron chi connectivity index (χ0n) is 17.1. The van der Waals surface area contributed by atoms with E-state index in [4.69, 9.17) is 0 Å². The summed E-state index contributed by atoms with van der Waals surface area (Å²) in [7, 11) is 0. The van der Waals surface area contributed by atoms with E-state index < -0.39 is 0 Å². The van der Waals surface area contributed by atoms with Crippen molar-refractivity contribution < 1.29 is 35.4 Å². The van der Waals surface area contributed by atoms with Crippen LogP contribution in [0.15, 0.2) is 24.3 Å². The van der Waals surface area contributed by atoms with Crippen LogP contribution in [0, 0.1) is 0 Å². The second-order valence-electron chi connectivity index (χ2n) is 7.21. The Bertz CT molecular complexity index is 366. The lowest BCUT2D eigenvalue weighted by molar-refractivity contribution is -0.671. The summed E-state index contributed by atoms with van der Waals surface area (Å²) in [5, 5.41) is 4.95. The van der Waals surface area contributed by atoms with Crippen LogP contribution in [0.25, 0.3) is 0 Å². The van der Waals surface area contributed by atoms with Gasteiger partial charge in [-0.25, -0.2) is 0 Å². The summed E-state index contributed by atoms with van der Waals surface area (Å²) >= 11 is 0. The standard InChI is InChI=1S/C22H40N2.2ClH/c1-3-5-7-9-11-16-23-19-21-14-13-15-22(18-21)20-24-17-12-10-8-6-4-2;;/h13-15,18,23-24H,3-12,16-17,19-20H2,1-2H3;2*1H. The quantitative estimate of drug-likeness (QED) is 0.292. The van der Waals surface area contributed by atoms with Gasteiger partial charge >= 0.3 is 0 Å². The lowest BCUT2D eigenvalue weighted by Gasteiger charge is -2.06. The molecule has 26 heavy (non-hydrogen) atoms. The smallest absolute Gasteiger partial charge is 0.101 e. The first-order valence-electron chi connectivity index (χ1n) is 10.6. The Morgan fingerprint density at radius 3 is 1.46 bits per heavy atom. The first-order chi connectivity index (χ1) is 11.9. The molecule has 0 saturated carbocycles. The third kappa shape index (κ3) is 15.9. The first kappa shape index (κ1) is 27.9. The number of rotatable bonds is 16. The van der Waals surface area contributed by atoms with E-state index in [1.807, 2.05) is 0 Å². The molecule has 0 spiro atoms. The molecule has 1 aromatic carbocycles. The lowest BCUT2D eigenvalue weighted by atomic mass is 10.1. The molecule has 0 aromatic heterocycles. The molecule has 1 rings (SSSR count). The van der Waals surface area contributed by atoms with E-state index in [0.717, 1.165) is 13.1 Å². The first-order valence-corrected chi connectivity index (χ1v) is 10.6. The van der Waals surface area contributed by atoms with Gasteiger partial charge in [0.2, 0.25) is 0 Å². The number of quaternary nitrogens is 2. The maximum atomic E-state index is 2.47. The number of nitrogens with two attached hydrogens (primary N) is 2. The summed E-state index contributed by atoms with van der Waals surface area (Å²) in [6, 6.07) is 9.19. The zero-order chi connectivity index (χ0) is 17.3. The predicted molar refractivity (Wildman–Crippen MR) is 105 cm³/mol. The third-order valence-electron chi connectivity index (χ3n) is 4.78. The van der Waals surface area contributed by atoms with E-state index in [9.17, 15) is 0 Å². The summed E-state index contributed by atoms with van der Waals surface area (Å²) in [4.78, 5) is 0. The topological polar surface area (TPSA) is 33.2 Å². The van der Waals surface area contributed by atoms with Gasteiger partial charge in [0.15, 0.2) is 0 Å². The van der Waals surface area contributed by atoms with Crippen molar-refractivity contribution in [2.45, 2.75) is 91.1 Å². The molecule has 4 N–H and O–H groups in total. The minimum absolute atomic E-state index is 0. The number of unbranched alkanes of at least 4 members (excludes halogenated alkanes) is 8. The van der Waals surface area contributed by atoms with Crippen LogP contribution in [0.4, 0.5) is 0 Å². The van der Waals surface area contributed by atoms with Gasteiger partial charge in [0.25, 0.3) is 0 Å². The molecule has 0 bridgehead atoms. The van der Waals surface area contributed by atoms with Gasteiger partial charge in [-0.05, 0) is 31.7 Å². The monoisotopic (exact) mass is 404 g/mol. The van der Waals surface area contributed by atoms with E-state index in [1.165, 1.54) is 88.4 Å². The summed E-state index contributed by atoms with van der Waals surface area (Å²) in [5.41, 5.74) is 2.97. The fourth-order valence-corrected chi connectivity index (χ4v) is 3.21. The predicted octanol–water partition coefficient (Wildman–Crippen LogP) is -2.24. The van der Waals surface area contributed by atoms with Crippen molar-refractivity contribution in [2.24, 2.45) is 0 Å². The molecule has 4 heteroatoms. The highest BCUT2D eigenvalue weighted by Crippen LogP contribution is 2.04. The van der Waals surface area contributed by atoms with Crippen LogP contribution in [0.1, 0.15) is 89.2 Å². The van der Waals surface area contributed by atoms with Gasteiger partial charge in [-0.15, -0.1) is 0 Å². The summed E-state index contributed by atoms with van der Waals surface area (Å²) in [5.74, 6) is 0. The molecule has 2 nitrogen and oxygen atoms in total. The van der Waals surface area contributed by atoms with Crippen LogP contribution in [-0.4, -0.2) is 13.1 Å². The molecular formula is C22H42Cl2N2.